The zero-order chi connectivity index (χ0) is 7.44. The summed E-state index contributed by atoms with van der Waals surface area (Å²) in [7, 11) is 0. The van der Waals surface area contributed by atoms with E-state index in [0.29, 0.717) is 0 Å². The van der Waals surface area contributed by atoms with Crippen molar-refractivity contribution in [1.29, 1.82) is 10.8 Å². The van der Waals surface area contributed by atoms with Crippen molar-refractivity contribution in [2.75, 3.05) is 0 Å². The fourth-order valence-electron chi connectivity index (χ4n) is 0.220. The summed E-state index contributed by atoms with van der Waals surface area (Å²) in [5.41, 5.74) is 0.210. The van der Waals surface area contributed by atoms with Crippen LogP contribution < -0.4 is 0 Å². The molecule has 0 radical (unpaired) electrons. The number of allylic oxidation sites excluding steroid dienone is 2. The molecule has 0 bridgehead atoms. The fraction of sp³-hybridized carbons (Fsp3) is 0.200. The lowest BCUT2D eigenvalue weighted by molar-refractivity contribution is 1.49. The molecular weight excluding hydrogens is 159 g/mol. The maximum absolute atomic E-state index is 6.94. The lowest BCUT2D eigenvalue weighted by Crippen LogP contribution is -1.89. The van der Waals surface area contributed by atoms with E-state index in [1.54, 1.807) is 0 Å². The van der Waals surface area contributed by atoms with E-state index < -0.39 is 0 Å². The highest BCUT2D eigenvalue weighted by atomic mass is 35.5. The molecule has 0 saturated carbocycles. The Hall–Kier alpha value is -0.340. The van der Waals surface area contributed by atoms with Crippen LogP contribution in [0.3, 0.4) is 0 Å². The number of hydrogen-bond acceptors (Lipinski definition) is 2. The highest BCUT2D eigenvalue weighted by molar-refractivity contribution is 6.68. The molecule has 9 heavy (non-hydrogen) atoms. The van der Waals surface area contributed by atoms with Gasteiger partial charge in [0.15, 0.2) is 0 Å². The number of rotatable bonds is 2. The molecule has 2 nitrogen and oxygen atoms in total. The van der Waals surface area contributed by atoms with E-state index >= 15 is 0 Å². The van der Waals surface area contributed by atoms with Crippen molar-refractivity contribution in [2.24, 2.45) is 0 Å². The van der Waals surface area contributed by atoms with Crippen molar-refractivity contribution in [3.8, 4) is 0 Å². The van der Waals surface area contributed by atoms with E-state index in [0.717, 1.165) is 0 Å². The summed E-state index contributed by atoms with van der Waals surface area (Å²) in [4.78, 5) is 0. The standard InChI is InChI=1S/C5H6Cl2N2/c1-3(8)4(6)2-5(7)9/h2,8-9H,1H3/b4-2+,8-3?,9-5?. The van der Waals surface area contributed by atoms with Crippen LogP contribution in [0.5, 0.6) is 0 Å². The quantitative estimate of drug-likeness (QED) is 0.590. The van der Waals surface area contributed by atoms with Gasteiger partial charge in [-0.2, -0.15) is 0 Å². The number of hydrogen-bond donors (Lipinski definition) is 2. The van der Waals surface area contributed by atoms with Gasteiger partial charge in [-0.15, -0.1) is 0 Å². The smallest absolute Gasteiger partial charge is 0.122 e. The third-order valence-electron chi connectivity index (χ3n) is 0.612. The Labute approximate surface area is 63.5 Å². The predicted molar refractivity (Wildman–Crippen MR) is 40.9 cm³/mol. The third kappa shape index (κ3) is 4.18. The SMILES string of the molecule is CC(=N)/C(Cl)=C\C(=N)Cl. The minimum absolute atomic E-state index is 0.161. The molecule has 0 heterocycles. The Kier molecular flexibility index (Phi) is 3.50. The maximum Gasteiger partial charge on any atom is 0.122 e. The van der Waals surface area contributed by atoms with Crippen LogP contribution in [0.2, 0.25) is 0 Å². The van der Waals surface area contributed by atoms with Crippen molar-refractivity contribution in [1.82, 2.24) is 0 Å². The molecule has 0 aromatic rings. The van der Waals surface area contributed by atoms with E-state index in [2.05, 4.69) is 0 Å². The van der Waals surface area contributed by atoms with Crippen LogP contribution in [-0.2, 0) is 0 Å². The first-order chi connectivity index (χ1) is 4.04. The summed E-state index contributed by atoms with van der Waals surface area (Å²) >= 11 is 10.6. The molecule has 0 aliphatic rings. The van der Waals surface area contributed by atoms with E-state index in [1.165, 1.54) is 13.0 Å². The van der Waals surface area contributed by atoms with Crippen LogP contribution in [0.4, 0.5) is 0 Å². The summed E-state index contributed by atoms with van der Waals surface area (Å²) in [6, 6.07) is 0. The van der Waals surface area contributed by atoms with Gasteiger partial charge in [-0.25, -0.2) is 0 Å². The Bertz CT molecular complexity index is 172. The molecule has 0 rings (SSSR count). The van der Waals surface area contributed by atoms with Crippen molar-refractivity contribution >= 4 is 34.1 Å². The summed E-state index contributed by atoms with van der Waals surface area (Å²) in [6.07, 6.45) is 1.21. The molecule has 0 spiro atoms. The van der Waals surface area contributed by atoms with E-state index in [9.17, 15) is 0 Å². The van der Waals surface area contributed by atoms with E-state index in [4.69, 9.17) is 34.0 Å². The Balaban J connectivity index is 4.17. The first-order valence-corrected chi connectivity index (χ1v) is 2.96. The minimum Gasteiger partial charge on any atom is -0.304 e. The molecule has 2 N–H and O–H groups in total. The molecule has 0 aromatic heterocycles. The highest BCUT2D eigenvalue weighted by Gasteiger charge is 1.93. The molecule has 0 aromatic carbocycles. The van der Waals surface area contributed by atoms with Gasteiger partial charge in [0.2, 0.25) is 0 Å². The van der Waals surface area contributed by atoms with Crippen LogP contribution in [0.15, 0.2) is 11.1 Å². The van der Waals surface area contributed by atoms with Gasteiger partial charge in [0, 0.05) is 5.71 Å². The zero-order valence-corrected chi connectivity index (χ0v) is 6.35. The summed E-state index contributed by atoms with van der Waals surface area (Å²) in [5, 5.41) is 13.7. The van der Waals surface area contributed by atoms with Gasteiger partial charge < -0.3 is 5.41 Å². The largest absolute Gasteiger partial charge is 0.304 e. The third-order valence-corrected chi connectivity index (χ3v) is 1.11. The molecule has 0 saturated heterocycles. The van der Waals surface area contributed by atoms with E-state index in [1.807, 2.05) is 0 Å². The second kappa shape index (κ2) is 3.64. The van der Waals surface area contributed by atoms with Crippen LogP contribution in [0.1, 0.15) is 6.92 Å². The van der Waals surface area contributed by atoms with Crippen LogP contribution in [0.25, 0.3) is 0 Å². The predicted octanol–water partition coefficient (Wildman–Crippen LogP) is 2.36. The Morgan fingerprint density at radius 1 is 1.33 bits per heavy atom. The second-order valence-corrected chi connectivity index (χ2v) is 2.28. The van der Waals surface area contributed by atoms with Crippen LogP contribution in [0, 0.1) is 10.8 Å². The first kappa shape index (κ1) is 8.66. The molecule has 0 unspecified atom stereocenters. The molecular formula is C5H6Cl2N2. The van der Waals surface area contributed by atoms with Crippen LogP contribution >= 0.6 is 23.2 Å². The lowest BCUT2D eigenvalue weighted by Gasteiger charge is -1.89. The van der Waals surface area contributed by atoms with Gasteiger partial charge in [-0.3, -0.25) is 5.41 Å². The number of nitrogens with one attached hydrogen (secondary N) is 2. The van der Waals surface area contributed by atoms with Crippen molar-refractivity contribution in [3.05, 3.63) is 11.1 Å². The van der Waals surface area contributed by atoms with Crippen molar-refractivity contribution < 1.29 is 0 Å². The first-order valence-electron chi connectivity index (χ1n) is 2.21. The summed E-state index contributed by atoms with van der Waals surface area (Å²) in [6.45, 7) is 1.53. The van der Waals surface area contributed by atoms with Gasteiger partial charge >= 0.3 is 0 Å². The summed E-state index contributed by atoms with van der Waals surface area (Å²) < 4.78 is 0. The molecule has 4 heteroatoms. The molecule has 0 fully saturated rings. The van der Waals surface area contributed by atoms with Crippen LogP contribution in [-0.4, -0.2) is 10.9 Å². The van der Waals surface area contributed by atoms with Gasteiger partial charge in [0.05, 0.1) is 5.03 Å². The normalized spacial score (nSPS) is 11.2. The zero-order valence-electron chi connectivity index (χ0n) is 4.83. The average Bonchev–Trinajstić information content (AvgIpc) is 1.63. The highest BCUT2D eigenvalue weighted by Crippen LogP contribution is 2.03. The Morgan fingerprint density at radius 3 is 1.89 bits per heavy atom. The lowest BCUT2D eigenvalue weighted by atomic mass is 10.4. The van der Waals surface area contributed by atoms with Crippen molar-refractivity contribution in [3.63, 3.8) is 0 Å². The maximum atomic E-state index is 6.94. The second-order valence-electron chi connectivity index (χ2n) is 1.47. The Morgan fingerprint density at radius 2 is 1.78 bits per heavy atom. The summed E-state index contributed by atoms with van der Waals surface area (Å²) in [5.74, 6) is 0. The molecule has 50 valence electrons. The minimum atomic E-state index is -0.161. The monoisotopic (exact) mass is 164 g/mol. The van der Waals surface area contributed by atoms with Gasteiger partial charge in [-0.1, -0.05) is 23.2 Å². The fourth-order valence-corrected chi connectivity index (χ4v) is 0.494. The average molecular weight is 165 g/mol. The number of halogens is 2. The molecule has 0 amide bonds. The van der Waals surface area contributed by atoms with E-state index in [-0.39, 0.29) is 15.9 Å². The molecule has 0 atom stereocenters. The molecule has 0 aliphatic carbocycles. The van der Waals surface area contributed by atoms with Gasteiger partial charge in [-0.05, 0) is 13.0 Å². The topological polar surface area (TPSA) is 47.7 Å². The van der Waals surface area contributed by atoms with Gasteiger partial charge in [0.25, 0.3) is 0 Å². The van der Waals surface area contributed by atoms with Crippen molar-refractivity contribution in [2.45, 2.75) is 6.92 Å². The van der Waals surface area contributed by atoms with Gasteiger partial charge in [0.1, 0.15) is 5.17 Å². The molecule has 0 aliphatic heterocycles.